The molecule has 1 aliphatic heterocycles. The molecule has 4 aromatic rings. The zero-order valence-corrected chi connectivity index (χ0v) is 17.0. The molecule has 0 aromatic heterocycles. The van der Waals surface area contributed by atoms with Gasteiger partial charge in [-0.2, -0.15) is 0 Å². The van der Waals surface area contributed by atoms with Crippen molar-refractivity contribution >= 4 is 50.1 Å². The molecule has 0 spiro atoms. The van der Waals surface area contributed by atoms with Gasteiger partial charge in [-0.3, -0.25) is 4.79 Å². The first-order valence-electron chi connectivity index (χ1n) is 9.89. The lowest BCUT2D eigenvalue weighted by Crippen LogP contribution is -1.98. The number of hydrogen-bond acceptors (Lipinski definition) is 2. The highest BCUT2D eigenvalue weighted by molar-refractivity contribution is 8.13. The molecule has 1 heterocycles. The second kappa shape index (κ2) is 7.38. The summed E-state index contributed by atoms with van der Waals surface area (Å²) in [7, 11) is 0. The van der Waals surface area contributed by atoms with Crippen LogP contribution in [0.4, 0.5) is 0 Å². The third kappa shape index (κ3) is 3.10. The monoisotopic (exact) mass is 392 g/mol. The van der Waals surface area contributed by atoms with Crippen molar-refractivity contribution < 1.29 is 4.79 Å². The van der Waals surface area contributed by atoms with Crippen molar-refractivity contribution in [3.63, 3.8) is 0 Å². The lowest BCUT2D eigenvalue weighted by Gasteiger charge is -2.09. The molecule has 0 atom stereocenters. The maximum Gasteiger partial charge on any atom is 0.196 e. The molecular formula is C27H20OS. The van der Waals surface area contributed by atoms with Crippen LogP contribution < -0.4 is 0 Å². The van der Waals surface area contributed by atoms with Crippen LogP contribution in [0, 0.1) is 0 Å². The quantitative estimate of drug-likeness (QED) is 0.266. The van der Waals surface area contributed by atoms with E-state index in [1.54, 1.807) is 11.8 Å². The van der Waals surface area contributed by atoms with E-state index in [0.717, 1.165) is 32.9 Å². The minimum absolute atomic E-state index is 0.161. The summed E-state index contributed by atoms with van der Waals surface area (Å²) < 4.78 is 0. The summed E-state index contributed by atoms with van der Waals surface area (Å²) >= 11 is 1.61. The maximum atomic E-state index is 13.2. The zero-order valence-electron chi connectivity index (χ0n) is 16.2. The van der Waals surface area contributed by atoms with Crippen LogP contribution in [0.3, 0.4) is 0 Å². The minimum atomic E-state index is 0.161. The van der Waals surface area contributed by atoms with Crippen LogP contribution in [0.5, 0.6) is 0 Å². The highest BCUT2D eigenvalue weighted by Gasteiger charge is 2.28. The molecular weight excluding hydrogens is 372 g/mol. The molecule has 0 bridgehead atoms. The first-order valence-corrected chi connectivity index (χ1v) is 10.7. The Labute approximate surface area is 174 Å². The molecule has 0 fully saturated rings. The van der Waals surface area contributed by atoms with Gasteiger partial charge in [-0.15, -0.1) is 0 Å². The third-order valence-corrected chi connectivity index (χ3v) is 6.67. The van der Waals surface area contributed by atoms with Gasteiger partial charge in [0.05, 0.1) is 4.91 Å². The van der Waals surface area contributed by atoms with Crippen molar-refractivity contribution in [3.8, 4) is 0 Å². The first kappa shape index (κ1) is 18.0. The van der Waals surface area contributed by atoms with Crippen molar-refractivity contribution in [3.05, 3.63) is 107 Å². The van der Waals surface area contributed by atoms with Crippen LogP contribution in [0.1, 0.15) is 24.5 Å². The average molecular weight is 393 g/mol. The fraction of sp³-hybridized carbons (Fsp3) is 0.0741. The number of fused-ring (bicyclic) bond motifs is 2. The van der Waals surface area contributed by atoms with Gasteiger partial charge in [0.25, 0.3) is 0 Å². The molecule has 0 radical (unpaired) electrons. The van der Waals surface area contributed by atoms with Gasteiger partial charge in [-0.25, -0.2) is 0 Å². The SMILES string of the molecule is CCC1=C(c2ccccc2)S/C(=C\c2c3ccccc3cc3ccccc23)C1=O. The molecule has 0 unspecified atom stereocenters. The van der Waals surface area contributed by atoms with Gasteiger partial charge in [0.1, 0.15) is 0 Å². The molecule has 1 nitrogen and oxygen atoms in total. The van der Waals surface area contributed by atoms with Crippen LogP contribution in [-0.2, 0) is 4.79 Å². The van der Waals surface area contributed by atoms with Crippen LogP contribution in [0.15, 0.2) is 95.4 Å². The van der Waals surface area contributed by atoms with Crippen molar-refractivity contribution in [1.82, 2.24) is 0 Å². The summed E-state index contributed by atoms with van der Waals surface area (Å²) in [6.45, 7) is 2.06. The molecule has 2 heteroatoms. The average Bonchev–Trinajstić information content (AvgIpc) is 3.09. The lowest BCUT2D eigenvalue weighted by molar-refractivity contribution is -0.111. The summed E-state index contributed by atoms with van der Waals surface area (Å²) in [5.41, 5.74) is 3.16. The van der Waals surface area contributed by atoms with Crippen LogP contribution in [0.25, 0.3) is 32.5 Å². The zero-order chi connectivity index (χ0) is 19.8. The number of thioether (sulfide) groups is 1. The van der Waals surface area contributed by atoms with Gasteiger partial charge < -0.3 is 0 Å². The van der Waals surface area contributed by atoms with E-state index in [9.17, 15) is 4.79 Å². The van der Waals surface area contributed by atoms with E-state index in [0.29, 0.717) is 0 Å². The molecule has 0 amide bonds. The van der Waals surface area contributed by atoms with Crippen LogP contribution in [-0.4, -0.2) is 5.78 Å². The van der Waals surface area contributed by atoms with Crippen molar-refractivity contribution in [2.45, 2.75) is 13.3 Å². The first-order chi connectivity index (χ1) is 14.3. The summed E-state index contributed by atoms with van der Waals surface area (Å²) in [6.07, 6.45) is 2.84. The Morgan fingerprint density at radius 2 is 1.38 bits per heavy atom. The third-order valence-electron chi connectivity index (χ3n) is 5.46. The highest BCUT2D eigenvalue weighted by atomic mass is 32.2. The molecule has 29 heavy (non-hydrogen) atoms. The summed E-state index contributed by atoms with van der Waals surface area (Å²) in [4.78, 5) is 15.1. The van der Waals surface area contributed by atoms with E-state index < -0.39 is 0 Å². The van der Waals surface area contributed by atoms with E-state index in [1.165, 1.54) is 21.5 Å². The number of rotatable bonds is 3. The van der Waals surface area contributed by atoms with E-state index >= 15 is 0 Å². The minimum Gasteiger partial charge on any atom is -0.288 e. The normalized spacial score (nSPS) is 15.8. The summed E-state index contributed by atoms with van der Waals surface area (Å²) in [5, 5.41) is 4.75. The number of Topliss-reactive ketones (excluding diaryl/α,β-unsaturated/α-hetero) is 1. The highest BCUT2D eigenvalue weighted by Crippen LogP contribution is 2.47. The Kier molecular flexibility index (Phi) is 4.57. The molecule has 5 rings (SSSR count). The fourth-order valence-electron chi connectivity index (χ4n) is 4.04. The van der Waals surface area contributed by atoms with Gasteiger partial charge in [0, 0.05) is 10.5 Å². The maximum absolute atomic E-state index is 13.2. The second-order valence-corrected chi connectivity index (χ2v) is 8.25. The predicted octanol–water partition coefficient (Wildman–Crippen LogP) is 7.47. The molecule has 4 aromatic carbocycles. The Morgan fingerprint density at radius 1 is 0.793 bits per heavy atom. The van der Waals surface area contributed by atoms with Gasteiger partial charge in [0.2, 0.25) is 0 Å². The Morgan fingerprint density at radius 3 is 2.00 bits per heavy atom. The lowest BCUT2D eigenvalue weighted by atomic mass is 9.95. The Hall–Kier alpha value is -3.10. The van der Waals surface area contributed by atoms with E-state index in [2.05, 4.69) is 79.7 Å². The van der Waals surface area contributed by atoms with Crippen molar-refractivity contribution in [2.75, 3.05) is 0 Å². The predicted molar refractivity (Wildman–Crippen MR) is 126 cm³/mol. The number of carbonyl (C=O) groups excluding carboxylic acids is 1. The van der Waals surface area contributed by atoms with Crippen LogP contribution >= 0.6 is 11.8 Å². The number of hydrogen-bond donors (Lipinski definition) is 0. The molecule has 0 aliphatic carbocycles. The molecule has 0 saturated carbocycles. The topological polar surface area (TPSA) is 17.1 Å². The van der Waals surface area contributed by atoms with Gasteiger partial charge >= 0.3 is 0 Å². The van der Waals surface area contributed by atoms with Crippen molar-refractivity contribution in [2.24, 2.45) is 0 Å². The van der Waals surface area contributed by atoms with Crippen molar-refractivity contribution in [1.29, 1.82) is 0 Å². The molecule has 0 N–H and O–H groups in total. The summed E-state index contributed by atoms with van der Waals surface area (Å²) in [6, 6.07) is 29.3. The number of ketones is 1. The Bertz CT molecular complexity index is 1260. The van der Waals surface area contributed by atoms with Gasteiger partial charge in [-0.05, 0) is 51.2 Å². The summed E-state index contributed by atoms with van der Waals surface area (Å²) in [5.74, 6) is 0.161. The van der Waals surface area contributed by atoms with E-state index in [-0.39, 0.29) is 5.78 Å². The molecule has 0 saturated heterocycles. The number of allylic oxidation sites excluding steroid dienone is 2. The fourth-order valence-corrected chi connectivity index (χ4v) is 5.27. The van der Waals surface area contributed by atoms with E-state index in [4.69, 9.17) is 0 Å². The second-order valence-electron chi connectivity index (χ2n) is 7.20. The van der Waals surface area contributed by atoms with Gasteiger partial charge in [-0.1, -0.05) is 97.5 Å². The van der Waals surface area contributed by atoms with Gasteiger partial charge in [0.15, 0.2) is 5.78 Å². The smallest absolute Gasteiger partial charge is 0.196 e. The molecule has 1 aliphatic rings. The Balaban J connectivity index is 1.70. The van der Waals surface area contributed by atoms with Crippen LogP contribution in [0.2, 0.25) is 0 Å². The largest absolute Gasteiger partial charge is 0.288 e. The standard InChI is InChI=1S/C27H20OS/c1-2-21-26(28)25(29-27(21)18-10-4-3-5-11-18)17-24-22-14-8-6-12-19(22)16-20-13-7-9-15-23(20)24/h3-17H,2H2,1H3/b25-17-. The molecule has 140 valence electrons. The number of carbonyl (C=O) groups is 1. The van der Waals surface area contributed by atoms with E-state index in [1.807, 2.05) is 18.2 Å². The number of benzene rings is 4.